The minimum absolute atomic E-state index is 1.05. The Kier molecular flexibility index (Phi) is 1.90. The van der Waals surface area contributed by atoms with E-state index in [0.717, 1.165) is 18.8 Å². The Labute approximate surface area is 78.5 Å². The van der Waals surface area contributed by atoms with Gasteiger partial charge in [0.15, 0.2) is 0 Å². The van der Waals surface area contributed by atoms with Crippen LogP contribution in [0.3, 0.4) is 0 Å². The highest BCUT2D eigenvalue weighted by molar-refractivity contribution is 5.69. The van der Waals surface area contributed by atoms with Crippen molar-refractivity contribution in [2.24, 2.45) is 7.05 Å². The summed E-state index contributed by atoms with van der Waals surface area (Å²) in [5.41, 5.74) is 2.29. The van der Waals surface area contributed by atoms with Crippen molar-refractivity contribution in [1.82, 2.24) is 9.78 Å². The average Bonchev–Trinajstić information content (AvgIpc) is 2.28. The molecule has 1 N–H and O–H groups in total. The molecule has 0 aromatic carbocycles. The lowest BCUT2D eigenvalue weighted by Gasteiger charge is -2.16. The Bertz CT molecular complexity index is 316. The van der Waals surface area contributed by atoms with Crippen molar-refractivity contribution in [2.75, 3.05) is 30.4 Å². The van der Waals surface area contributed by atoms with Gasteiger partial charge in [-0.05, 0) is 13.3 Å². The normalized spacial score (nSPS) is 16.4. The number of hydrogen-bond acceptors (Lipinski definition) is 3. The van der Waals surface area contributed by atoms with Crippen molar-refractivity contribution in [3.05, 3.63) is 5.69 Å². The molecule has 4 nitrogen and oxygen atoms in total. The molecule has 1 aliphatic heterocycles. The molecule has 2 heterocycles. The van der Waals surface area contributed by atoms with E-state index in [1.54, 1.807) is 0 Å². The molecule has 1 aromatic heterocycles. The van der Waals surface area contributed by atoms with E-state index in [9.17, 15) is 0 Å². The molecule has 13 heavy (non-hydrogen) atoms. The summed E-state index contributed by atoms with van der Waals surface area (Å²) in [5, 5.41) is 7.82. The molecule has 0 unspecified atom stereocenters. The Hall–Kier alpha value is -1.19. The van der Waals surface area contributed by atoms with Gasteiger partial charge in [0.2, 0.25) is 0 Å². The first-order chi connectivity index (χ1) is 6.20. The average molecular weight is 180 g/mol. The Morgan fingerprint density at radius 1 is 1.38 bits per heavy atom. The number of rotatable bonds is 0. The molecule has 72 valence electrons. The summed E-state index contributed by atoms with van der Waals surface area (Å²) in [6.45, 7) is 4.19. The third-order valence-corrected chi connectivity index (χ3v) is 2.53. The minimum atomic E-state index is 1.05. The maximum absolute atomic E-state index is 4.40. The molecular formula is C9H16N4. The first-order valence-corrected chi connectivity index (χ1v) is 4.69. The second-order valence-electron chi connectivity index (χ2n) is 3.61. The second kappa shape index (κ2) is 2.94. The van der Waals surface area contributed by atoms with Gasteiger partial charge in [0.1, 0.15) is 11.5 Å². The molecule has 0 saturated carbocycles. The van der Waals surface area contributed by atoms with E-state index in [-0.39, 0.29) is 0 Å². The molecule has 2 rings (SSSR count). The van der Waals surface area contributed by atoms with Crippen molar-refractivity contribution in [1.29, 1.82) is 0 Å². The molecule has 1 aromatic rings. The van der Waals surface area contributed by atoms with Crippen LogP contribution in [0.4, 0.5) is 11.5 Å². The van der Waals surface area contributed by atoms with Crippen molar-refractivity contribution in [2.45, 2.75) is 13.3 Å². The molecule has 1 aliphatic rings. The first-order valence-electron chi connectivity index (χ1n) is 4.69. The third kappa shape index (κ3) is 1.26. The van der Waals surface area contributed by atoms with Crippen LogP contribution in [0, 0.1) is 6.92 Å². The van der Waals surface area contributed by atoms with E-state index < -0.39 is 0 Å². The quantitative estimate of drug-likeness (QED) is 0.646. The smallest absolute Gasteiger partial charge is 0.150 e. The number of hydrogen-bond donors (Lipinski definition) is 1. The lowest BCUT2D eigenvalue weighted by molar-refractivity contribution is 0.720. The number of anilines is 2. The highest BCUT2D eigenvalue weighted by Crippen LogP contribution is 2.29. The summed E-state index contributed by atoms with van der Waals surface area (Å²) in [7, 11) is 4.11. The molecule has 0 atom stereocenters. The number of nitrogens with one attached hydrogen (secondary N) is 1. The molecule has 0 spiro atoms. The minimum Gasteiger partial charge on any atom is -0.380 e. The van der Waals surface area contributed by atoms with Crippen molar-refractivity contribution >= 4 is 11.5 Å². The lowest BCUT2D eigenvalue weighted by Crippen LogP contribution is -2.20. The summed E-state index contributed by atoms with van der Waals surface area (Å²) < 4.78 is 1.95. The zero-order chi connectivity index (χ0) is 9.42. The molecule has 0 amide bonds. The van der Waals surface area contributed by atoms with Gasteiger partial charge in [-0.15, -0.1) is 0 Å². The lowest BCUT2D eigenvalue weighted by atomic mass is 10.3. The maximum Gasteiger partial charge on any atom is 0.150 e. The summed E-state index contributed by atoms with van der Waals surface area (Å²) in [5.74, 6) is 1.20. The summed E-state index contributed by atoms with van der Waals surface area (Å²) in [6.07, 6.45) is 1.19. The van der Waals surface area contributed by atoms with Gasteiger partial charge in [0, 0.05) is 27.2 Å². The van der Waals surface area contributed by atoms with Gasteiger partial charge in [-0.1, -0.05) is 0 Å². The fourth-order valence-corrected chi connectivity index (χ4v) is 1.93. The number of aromatic nitrogens is 2. The van der Waals surface area contributed by atoms with E-state index in [1.165, 1.54) is 17.9 Å². The summed E-state index contributed by atoms with van der Waals surface area (Å²) in [6, 6.07) is 0. The van der Waals surface area contributed by atoms with Gasteiger partial charge in [-0.3, -0.25) is 4.68 Å². The SMILES string of the molecule is Cc1nn(C)c2c1NCCCN2C. The van der Waals surface area contributed by atoms with Crippen molar-refractivity contribution in [3.63, 3.8) is 0 Å². The number of fused-ring (bicyclic) bond motifs is 1. The highest BCUT2D eigenvalue weighted by atomic mass is 15.4. The van der Waals surface area contributed by atoms with Crippen LogP contribution in [0.5, 0.6) is 0 Å². The zero-order valence-corrected chi connectivity index (χ0v) is 8.46. The molecular weight excluding hydrogens is 164 g/mol. The first kappa shape index (κ1) is 8.41. The van der Waals surface area contributed by atoms with Crippen LogP contribution in [0.1, 0.15) is 12.1 Å². The molecule has 0 bridgehead atoms. The van der Waals surface area contributed by atoms with Crippen LogP contribution >= 0.6 is 0 Å². The molecule has 4 heteroatoms. The van der Waals surface area contributed by atoms with Crippen LogP contribution in [0.25, 0.3) is 0 Å². The topological polar surface area (TPSA) is 33.1 Å². The largest absolute Gasteiger partial charge is 0.380 e. The monoisotopic (exact) mass is 180 g/mol. The Morgan fingerprint density at radius 2 is 2.15 bits per heavy atom. The van der Waals surface area contributed by atoms with Crippen molar-refractivity contribution in [3.8, 4) is 0 Å². The Balaban J connectivity index is 2.50. The zero-order valence-electron chi connectivity index (χ0n) is 8.46. The van der Waals surface area contributed by atoms with E-state index in [1.807, 2.05) is 18.7 Å². The van der Waals surface area contributed by atoms with Gasteiger partial charge < -0.3 is 10.2 Å². The number of nitrogens with zero attached hydrogens (tertiary/aromatic N) is 3. The maximum atomic E-state index is 4.40. The van der Waals surface area contributed by atoms with E-state index in [4.69, 9.17) is 0 Å². The van der Waals surface area contributed by atoms with E-state index in [2.05, 4.69) is 22.4 Å². The van der Waals surface area contributed by atoms with Gasteiger partial charge >= 0.3 is 0 Å². The second-order valence-corrected chi connectivity index (χ2v) is 3.61. The fraction of sp³-hybridized carbons (Fsp3) is 0.667. The van der Waals surface area contributed by atoms with Gasteiger partial charge in [-0.2, -0.15) is 5.10 Å². The standard InChI is InChI=1S/C9H16N4/c1-7-8-9(13(3)11-7)12(2)6-4-5-10-8/h10H,4-6H2,1-3H3. The van der Waals surface area contributed by atoms with Gasteiger partial charge in [0.25, 0.3) is 0 Å². The van der Waals surface area contributed by atoms with E-state index >= 15 is 0 Å². The molecule has 0 saturated heterocycles. The van der Waals surface area contributed by atoms with Gasteiger partial charge in [0.05, 0.1) is 5.69 Å². The Morgan fingerprint density at radius 3 is 2.92 bits per heavy atom. The van der Waals surface area contributed by atoms with E-state index in [0.29, 0.717) is 0 Å². The summed E-state index contributed by atoms with van der Waals surface area (Å²) >= 11 is 0. The van der Waals surface area contributed by atoms with Crippen LogP contribution in [-0.2, 0) is 7.05 Å². The third-order valence-electron chi connectivity index (χ3n) is 2.53. The van der Waals surface area contributed by atoms with Crippen LogP contribution in [0.2, 0.25) is 0 Å². The molecule has 0 fully saturated rings. The predicted octanol–water partition coefficient (Wildman–Crippen LogP) is 0.980. The summed E-state index contributed by atoms with van der Waals surface area (Å²) in [4.78, 5) is 2.26. The van der Waals surface area contributed by atoms with Crippen LogP contribution in [-0.4, -0.2) is 29.9 Å². The molecule has 0 aliphatic carbocycles. The number of aryl methyl sites for hydroxylation is 2. The highest BCUT2D eigenvalue weighted by Gasteiger charge is 2.18. The fourth-order valence-electron chi connectivity index (χ4n) is 1.93. The van der Waals surface area contributed by atoms with Crippen molar-refractivity contribution < 1.29 is 0 Å². The van der Waals surface area contributed by atoms with Crippen LogP contribution in [0.15, 0.2) is 0 Å². The predicted molar refractivity (Wildman–Crippen MR) is 54.3 cm³/mol. The van der Waals surface area contributed by atoms with Crippen LogP contribution < -0.4 is 10.2 Å². The molecule has 0 radical (unpaired) electrons. The van der Waals surface area contributed by atoms with Gasteiger partial charge in [-0.25, -0.2) is 0 Å².